The first kappa shape index (κ1) is 43.5. The standard InChI is InChI=1S/C69H45B2N5S2/c1-3-42-43-19-14-22-49(42)70-52-37-41(74-58-28-9-12-31-62(58)78-63-32-13-10-29-59(63)74)36-48-46-21-16-24-51-67(46)76(68(48)52)69-64(70)54(38-60-65(69)71(51)50-23-15-20-45-44-18-5-7-26-56(44)75(60)66(45)50)72-53-34-33-40(35-47(43)53)73(55-25-6-4-17-39(55)2)57-27-8-11-30-61(57)77/h4-38,42,77H,3H2,1-2H3. The van der Waals surface area contributed by atoms with E-state index < -0.39 is 0 Å². The summed E-state index contributed by atoms with van der Waals surface area (Å²) >= 11 is 6.96. The second-order valence-corrected chi connectivity index (χ2v) is 23.4. The molecule has 6 aliphatic rings. The van der Waals surface area contributed by atoms with E-state index in [0.29, 0.717) is 0 Å². The van der Waals surface area contributed by atoms with Gasteiger partial charge in [0.25, 0.3) is 6.71 Å². The van der Waals surface area contributed by atoms with Gasteiger partial charge < -0.3 is 18.9 Å². The molecule has 0 radical (unpaired) electrons. The minimum Gasteiger partial charge on any atom is -0.311 e. The number of para-hydroxylation sites is 7. The molecule has 0 fully saturated rings. The van der Waals surface area contributed by atoms with Crippen LogP contribution in [0.2, 0.25) is 0 Å². The van der Waals surface area contributed by atoms with E-state index in [0.717, 1.165) is 44.6 Å². The third-order valence-electron chi connectivity index (χ3n) is 18.0. The predicted octanol–water partition coefficient (Wildman–Crippen LogP) is 13.1. The minimum absolute atomic E-state index is 0.00908. The smallest absolute Gasteiger partial charge is 0.252 e. The fourth-order valence-electron chi connectivity index (χ4n) is 15.0. The Balaban J connectivity index is 1.01. The van der Waals surface area contributed by atoms with E-state index in [4.69, 9.17) is 17.6 Å². The largest absolute Gasteiger partial charge is 0.311 e. The summed E-state index contributed by atoms with van der Waals surface area (Å²) in [6, 6.07) is 72.8. The van der Waals surface area contributed by atoms with Gasteiger partial charge in [-0.3, -0.25) is 0 Å². The van der Waals surface area contributed by atoms with Crippen molar-refractivity contribution >= 4 is 154 Å². The zero-order chi connectivity index (χ0) is 51.2. The number of benzene rings is 10. The molecule has 18 rings (SSSR count). The van der Waals surface area contributed by atoms with Crippen molar-refractivity contribution in [2.75, 3.05) is 9.80 Å². The minimum atomic E-state index is -0.119. The number of aryl methyl sites for hydroxylation is 1. The van der Waals surface area contributed by atoms with Crippen LogP contribution in [0, 0.1) is 12.8 Å². The maximum absolute atomic E-state index is 6.15. The van der Waals surface area contributed by atoms with Gasteiger partial charge in [0.1, 0.15) is 0 Å². The summed E-state index contributed by atoms with van der Waals surface area (Å²) in [4.78, 5) is 14.5. The Labute approximate surface area is 461 Å². The molecule has 78 heavy (non-hydrogen) atoms. The van der Waals surface area contributed by atoms with Gasteiger partial charge in [-0.15, -0.1) is 12.6 Å². The van der Waals surface area contributed by atoms with Crippen LogP contribution in [-0.4, -0.2) is 22.6 Å². The lowest BCUT2D eigenvalue weighted by Crippen LogP contribution is -2.63. The molecule has 1 atom stereocenters. The van der Waals surface area contributed by atoms with Crippen molar-refractivity contribution in [3.05, 3.63) is 234 Å². The molecule has 2 bridgehead atoms. The molecule has 10 aromatic carbocycles. The first-order valence-corrected chi connectivity index (χ1v) is 28.5. The summed E-state index contributed by atoms with van der Waals surface area (Å²) in [5.74, 6) is 0.0913. The van der Waals surface area contributed by atoms with Crippen molar-refractivity contribution in [2.24, 2.45) is 10.9 Å². The van der Waals surface area contributed by atoms with E-state index in [-0.39, 0.29) is 19.3 Å². The molecular formula is C69H45B2N5S2. The van der Waals surface area contributed by atoms with Crippen LogP contribution in [-0.2, 0) is 0 Å². The molecule has 1 aliphatic carbocycles. The molecular weight excluding hydrogens is 985 g/mol. The van der Waals surface area contributed by atoms with E-state index in [1.54, 1.807) is 0 Å². The molecule has 0 saturated carbocycles. The maximum atomic E-state index is 6.15. The van der Waals surface area contributed by atoms with Crippen LogP contribution in [0.25, 0.3) is 60.6 Å². The van der Waals surface area contributed by atoms with Crippen molar-refractivity contribution in [1.29, 1.82) is 0 Å². The molecule has 5 aliphatic heterocycles. The molecule has 0 amide bonds. The second-order valence-electron chi connectivity index (χ2n) is 21.8. The monoisotopic (exact) mass is 1030 g/mol. The third-order valence-corrected chi connectivity index (χ3v) is 19.5. The number of aromatic nitrogens is 2. The van der Waals surface area contributed by atoms with Gasteiger partial charge >= 0.3 is 0 Å². The highest BCUT2D eigenvalue weighted by molar-refractivity contribution is 7.99. The molecule has 1 unspecified atom stereocenters. The zero-order valence-corrected chi connectivity index (χ0v) is 44.4. The maximum Gasteiger partial charge on any atom is 0.252 e. The lowest BCUT2D eigenvalue weighted by atomic mass is 9.29. The number of nitrogens with zero attached hydrogens (tertiary/aromatic N) is 5. The van der Waals surface area contributed by atoms with Gasteiger partial charge in [-0.1, -0.05) is 152 Å². The fourth-order valence-corrected chi connectivity index (χ4v) is 16.3. The van der Waals surface area contributed by atoms with Crippen molar-refractivity contribution in [2.45, 2.75) is 35.0 Å². The van der Waals surface area contributed by atoms with Gasteiger partial charge in [0.15, 0.2) is 0 Å². The number of hydrogen-bond donors (Lipinski definition) is 1. The summed E-state index contributed by atoms with van der Waals surface area (Å²) in [5, 5.41) is 7.26. The Morgan fingerprint density at radius 3 is 2.05 bits per heavy atom. The average molecular weight is 1030 g/mol. The van der Waals surface area contributed by atoms with Crippen LogP contribution < -0.4 is 47.7 Å². The molecule has 0 N–H and O–H groups in total. The highest BCUT2D eigenvalue weighted by Gasteiger charge is 2.49. The van der Waals surface area contributed by atoms with Gasteiger partial charge in [-0.05, 0) is 143 Å². The van der Waals surface area contributed by atoms with Gasteiger partial charge in [0.2, 0.25) is 6.71 Å². The molecule has 7 heterocycles. The summed E-state index contributed by atoms with van der Waals surface area (Å²) in [6.07, 6.45) is 8.13. The number of allylic oxidation sites excluding steroid dienone is 4. The van der Waals surface area contributed by atoms with Gasteiger partial charge in [0.05, 0.1) is 33.6 Å². The molecule has 0 spiro atoms. The Hall–Kier alpha value is -8.62. The predicted molar refractivity (Wildman–Crippen MR) is 332 cm³/mol. The average Bonchev–Trinajstić information content (AvgIpc) is 4.05. The van der Waals surface area contributed by atoms with E-state index in [1.807, 2.05) is 11.8 Å². The van der Waals surface area contributed by atoms with E-state index in [9.17, 15) is 0 Å². The number of rotatable bonds is 5. The van der Waals surface area contributed by atoms with Crippen LogP contribution in [0.5, 0.6) is 0 Å². The van der Waals surface area contributed by atoms with E-state index >= 15 is 0 Å². The lowest BCUT2D eigenvalue weighted by molar-refractivity contribution is 0.771. The van der Waals surface area contributed by atoms with Crippen molar-refractivity contribution in [1.82, 2.24) is 9.13 Å². The van der Waals surface area contributed by atoms with Crippen molar-refractivity contribution in [3.63, 3.8) is 0 Å². The van der Waals surface area contributed by atoms with Crippen molar-refractivity contribution < 1.29 is 0 Å². The summed E-state index contributed by atoms with van der Waals surface area (Å²) < 4.78 is 5.31. The van der Waals surface area contributed by atoms with Crippen LogP contribution in [0.15, 0.2) is 238 Å². The molecule has 9 heteroatoms. The van der Waals surface area contributed by atoms with Crippen LogP contribution >= 0.6 is 24.4 Å². The molecule has 2 aromatic heterocycles. The number of hydrogen-bond acceptors (Lipinski definition) is 5. The first-order valence-electron chi connectivity index (χ1n) is 27.3. The highest BCUT2D eigenvalue weighted by atomic mass is 32.2. The van der Waals surface area contributed by atoms with Crippen LogP contribution in [0.1, 0.15) is 18.9 Å². The zero-order valence-electron chi connectivity index (χ0n) is 42.7. The van der Waals surface area contributed by atoms with Gasteiger partial charge in [-0.25, -0.2) is 4.99 Å². The highest BCUT2D eigenvalue weighted by Crippen LogP contribution is 2.53. The topological polar surface area (TPSA) is 28.7 Å². The lowest BCUT2D eigenvalue weighted by Gasteiger charge is -2.40. The second kappa shape index (κ2) is 15.8. The number of thiol groups is 1. The quantitative estimate of drug-likeness (QED) is 0.138. The molecule has 364 valence electrons. The Kier molecular flexibility index (Phi) is 8.78. The van der Waals surface area contributed by atoms with Gasteiger partial charge in [-0.2, -0.15) is 0 Å². The molecule has 0 saturated heterocycles. The van der Waals surface area contributed by atoms with Crippen molar-refractivity contribution in [3.8, 4) is 11.4 Å². The Morgan fingerprint density at radius 2 is 1.27 bits per heavy atom. The first-order chi connectivity index (χ1) is 38.5. The number of fused-ring (bicyclic) bond motifs is 14. The molecule has 12 aromatic rings. The van der Waals surface area contributed by atoms with Crippen LogP contribution in [0.3, 0.4) is 0 Å². The molecule has 5 nitrogen and oxygen atoms in total. The van der Waals surface area contributed by atoms with E-state index in [2.05, 4.69) is 245 Å². The van der Waals surface area contributed by atoms with Gasteiger partial charge in [0, 0.05) is 86.4 Å². The third kappa shape index (κ3) is 5.55. The summed E-state index contributed by atoms with van der Waals surface area (Å²) in [7, 11) is 0. The Morgan fingerprint density at radius 1 is 0.590 bits per heavy atom. The summed E-state index contributed by atoms with van der Waals surface area (Å²) in [5.41, 5.74) is 26.1. The van der Waals surface area contributed by atoms with Crippen LogP contribution in [0.4, 0.5) is 39.8 Å². The SMILES string of the molecule is CCC1C2=CC=CC1=c1cc(N(c3ccccc3C)c3ccccc3S)ccc1=Nc1cc3c4c5c1B2c1cc(N2c6ccccc6Sc6ccccc62)cc2c6cccc(c6n-5c12)B4c1cccc2c4ccccc4n-3c12. The number of anilines is 6. The summed E-state index contributed by atoms with van der Waals surface area (Å²) in [6.45, 7) is 4.48. The Bertz CT molecular complexity index is 4880. The fraction of sp³-hybridized carbons (Fsp3) is 0.0580. The normalized spacial score (nSPS) is 15.5. The van der Waals surface area contributed by atoms with E-state index in [1.165, 1.54) is 126 Å².